The quantitative estimate of drug-likeness (QED) is 0.613. The van der Waals surface area contributed by atoms with Gasteiger partial charge in [0.2, 0.25) is 0 Å². The molecule has 1 rings (SSSR count). The Bertz CT molecular complexity index is 220. The van der Waals surface area contributed by atoms with Crippen LogP contribution in [-0.2, 0) is 9.59 Å². The number of rotatable bonds is 2. The molecule has 68 valence electrons. The Hall–Kier alpha value is -1.06. The number of carbonyl (C=O) groups is 2. The fraction of sp³-hybridized carbons (Fsp3) is 0.750. The van der Waals surface area contributed by atoms with E-state index in [9.17, 15) is 9.59 Å². The maximum atomic E-state index is 11.1. The van der Waals surface area contributed by atoms with E-state index in [1.54, 1.807) is 0 Å². The Morgan fingerprint density at radius 1 is 1.17 bits per heavy atom. The average molecular weight is 173 g/mol. The molecule has 0 aliphatic heterocycles. The lowest BCUT2D eigenvalue weighted by Gasteiger charge is -2.28. The molecule has 12 heavy (non-hydrogen) atoms. The molecule has 0 radical (unpaired) electrons. The van der Waals surface area contributed by atoms with Crippen LogP contribution in [0.2, 0.25) is 0 Å². The third-order valence-corrected chi connectivity index (χ3v) is 2.51. The molecule has 1 saturated carbocycles. The third-order valence-electron chi connectivity index (χ3n) is 2.51. The fourth-order valence-electron chi connectivity index (χ4n) is 1.66. The maximum absolute atomic E-state index is 11.1. The van der Waals surface area contributed by atoms with Gasteiger partial charge in [-0.2, -0.15) is 0 Å². The summed E-state index contributed by atoms with van der Waals surface area (Å²) in [6, 6.07) is 0. The van der Waals surface area contributed by atoms with E-state index in [1.165, 1.54) is 0 Å². The van der Waals surface area contributed by atoms with Crippen LogP contribution in [0, 0.1) is 5.41 Å². The van der Waals surface area contributed by atoms with Crippen molar-refractivity contribution in [3.63, 3.8) is 0 Å². The molecule has 4 nitrogen and oxygen atoms in total. The summed E-state index contributed by atoms with van der Waals surface area (Å²) in [5.74, 6) is -2.09. The number of carboxylic acids is 2. The average Bonchev–Trinajstić information content (AvgIpc) is 2.17. The Balaban J connectivity index is 2.85. The van der Waals surface area contributed by atoms with Crippen molar-refractivity contribution in [3.8, 4) is 0 Å². The largest absolute Gasteiger partial charge is 0.480 e. The first-order valence-electron chi connectivity index (χ1n) is 4.45. The third kappa shape index (κ3) is 1.29. The topological polar surface area (TPSA) is 74.6 Å². The van der Waals surface area contributed by atoms with Crippen LogP contribution in [0.3, 0.4) is 0 Å². The molecule has 0 aromatic heterocycles. The van der Waals surface area contributed by atoms with Crippen LogP contribution in [0.5, 0.6) is 0 Å². The summed E-state index contributed by atoms with van der Waals surface area (Å²) < 4.78 is 6.45. The molecule has 0 spiro atoms. The van der Waals surface area contributed by atoms with Crippen LogP contribution >= 0.6 is 0 Å². The molecule has 1 aliphatic rings. The number of hydrogen-bond donors (Lipinski definition) is 2. The Labute approximate surface area is 71.7 Å². The number of hydrogen-bond acceptors (Lipinski definition) is 3. The van der Waals surface area contributed by atoms with Crippen LogP contribution in [0.25, 0.3) is 1.43 Å². The molecule has 1 aliphatic carbocycles. The molecule has 0 aromatic carbocycles. The first-order valence-corrected chi connectivity index (χ1v) is 4.04. The zero-order chi connectivity index (χ0) is 9.90. The van der Waals surface area contributed by atoms with E-state index in [0.29, 0.717) is 25.7 Å². The van der Waals surface area contributed by atoms with Crippen LogP contribution in [0.1, 0.15) is 32.1 Å². The fourth-order valence-corrected chi connectivity index (χ4v) is 1.66. The molecule has 1 fully saturated rings. The molecule has 0 saturated heterocycles. The van der Waals surface area contributed by atoms with E-state index in [1.807, 2.05) is 0 Å². The van der Waals surface area contributed by atoms with Crippen molar-refractivity contribution in [3.05, 3.63) is 0 Å². The second kappa shape index (κ2) is 3.13. The van der Waals surface area contributed by atoms with Gasteiger partial charge in [-0.1, -0.05) is 19.3 Å². The van der Waals surface area contributed by atoms with Crippen molar-refractivity contribution in [2.75, 3.05) is 0 Å². The van der Waals surface area contributed by atoms with E-state index in [0.717, 1.165) is 6.42 Å². The van der Waals surface area contributed by atoms with E-state index < -0.39 is 17.4 Å². The second-order valence-corrected chi connectivity index (χ2v) is 3.24. The van der Waals surface area contributed by atoms with E-state index in [-0.39, 0.29) is 0 Å². The highest BCUT2D eigenvalue weighted by molar-refractivity contribution is 5.98. The minimum Gasteiger partial charge on any atom is -0.480 e. The normalized spacial score (nSPS) is 22.5. The smallest absolute Gasteiger partial charge is 0.321 e. The van der Waals surface area contributed by atoms with Gasteiger partial charge in [0.1, 0.15) is 0 Å². The second-order valence-electron chi connectivity index (χ2n) is 3.24. The van der Waals surface area contributed by atoms with Crippen molar-refractivity contribution in [1.82, 2.24) is 0 Å². The highest BCUT2D eigenvalue weighted by Crippen LogP contribution is 2.36. The molecule has 0 aromatic rings. The molecule has 0 unspecified atom stereocenters. The van der Waals surface area contributed by atoms with Crippen LogP contribution in [-0.4, -0.2) is 22.2 Å². The van der Waals surface area contributed by atoms with Gasteiger partial charge in [0.05, 0.1) is 0 Å². The van der Waals surface area contributed by atoms with Crippen LogP contribution in [0.15, 0.2) is 0 Å². The first kappa shape index (κ1) is 7.58. The van der Waals surface area contributed by atoms with Gasteiger partial charge in [-0.3, -0.25) is 9.59 Å². The van der Waals surface area contributed by atoms with Gasteiger partial charge in [0.15, 0.2) is 5.41 Å². The summed E-state index contributed by atoms with van der Waals surface area (Å²) in [6.45, 7) is 0. The van der Waals surface area contributed by atoms with Gasteiger partial charge in [-0.25, -0.2) is 0 Å². The highest BCUT2D eigenvalue weighted by Gasteiger charge is 2.46. The molecule has 0 atom stereocenters. The van der Waals surface area contributed by atoms with Crippen molar-refractivity contribution in [2.24, 2.45) is 5.41 Å². The van der Waals surface area contributed by atoms with Crippen molar-refractivity contribution in [1.29, 1.82) is 1.43 Å². The lowest BCUT2D eigenvalue weighted by molar-refractivity contribution is -0.167. The monoisotopic (exact) mass is 173 g/mol. The molecular weight excluding hydrogens is 160 g/mol. The van der Waals surface area contributed by atoms with Gasteiger partial charge in [0.25, 0.3) is 1.43 Å². The summed E-state index contributed by atoms with van der Waals surface area (Å²) >= 11 is 0. The molecule has 0 heterocycles. The minimum atomic E-state index is -1.44. The molecular formula is C8H12O4. The summed E-state index contributed by atoms with van der Waals surface area (Å²) in [4.78, 5) is 22.0. The van der Waals surface area contributed by atoms with Crippen molar-refractivity contribution >= 4 is 11.9 Å². The van der Waals surface area contributed by atoms with E-state index >= 15 is 0 Å². The van der Waals surface area contributed by atoms with Crippen molar-refractivity contribution in [2.45, 2.75) is 32.1 Å². The summed E-state index contributed by atoms with van der Waals surface area (Å²) in [5, 5.41) is 12.7. The highest BCUT2D eigenvalue weighted by atomic mass is 16.4. The lowest BCUT2D eigenvalue weighted by atomic mass is 9.74. The van der Waals surface area contributed by atoms with Gasteiger partial charge in [0, 0.05) is 0 Å². The molecule has 0 bridgehead atoms. The molecule has 0 amide bonds. The summed E-state index contributed by atoms with van der Waals surface area (Å²) in [5.41, 5.74) is -1.44. The predicted octanol–water partition coefficient (Wildman–Crippen LogP) is 1.11. The molecule has 2 N–H and O–H groups in total. The number of carboxylic acid groups (broad SMARTS) is 2. The van der Waals surface area contributed by atoms with Gasteiger partial charge in [-0.05, 0) is 12.8 Å². The zero-order valence-corrected chi connectivity index (χ0v) is 6.71. The maximum Gasteiger partial charge on any atom is 0.321 e. The summed E-state index contributed by atoms with van der Waals surface area (Å²) in [7, 11) is 0. The number of aliphatic carboxylic acids is 2. The SMILES string of the molecule is [2H]OC(=O)C1(C(=O)O)CCCCC1. The lowest BCUT2D eigenvalue weighted by Crippen LogP contribution is -2.40. The minimum absolute atomic E-state index is 0.292. The predicted molar refractivity (Wildman–Crippen MR) is 40.8 cm³/mol. The van der Waals surface area contributed by atoms with E-state index in [2.05, 4.69) is 5.11 Å². The van der Waals surface area contributed by atoms with Gasteiger partial charge < -0.3 is 10.2 Å². The molecule has 4 heteroatoms. The Kier molecular flexibility index (Phi) is 1.98. The van der Waals surface area contributed by atoms with Crippen LogP contribution < -0.4 is 0 Å². The van der Waals surface area contributed by atoms with Gasteiger partial charge >= 0.3 is 11.9 Å². The summed E-state index contributed by atoms with van der Waals surface area (Å²) in [6.07, 6.45) is 2.95. The first-order chi connectivity index (χ1) is 6.13. The standard InChI is InChI=1S/C8H12O4/c9-6(10)8(7(11)12)4-2-1-3-5-8/h1-5H2,(H,9,10)(H,11,12)/i/hD. The van der Waals surface area contributed by atoms with Crippen molar-refractivity contribution < 1.29 is 19.8 Å². The Morgan fingerprint density at radius 3 is 2.17 bits per heavy atom. The van der Waals surface area contributed by atoms with Crippen LogP contribution in [0.4, 0.5) is 0 Å². The Morgan fingerprint density at radius 2 is 1.75 bits per heavy atom. The zero-order valence-electron chi connectivity index (χ0n) is 7.71. The van der Waals surface area contributed by atoms with E-state index in [4.69, 9.17) is 6.54 Å². The van der Waals surface area contributed by atoms with Gasteiger partial charge in [-0.15, -0.1) is 0 Å².